The Morgan fingerprint density at radius 3 is 2.82 bits per heavy atom. The zero-order chi connectivity index (χ0) is 8.53. The van der Waals surface area contributed by atoms with Crippen molar-refractivity contribution in [2.24, 2.45) is 0 Å². The molecule has 0 radical (unpaired) electrons. The molecule has 0 saturated heterocycles. The van der Waals surface area contributed by atoms with Crippen molar-refractivity contribution in [2.45, 2.75) is 45.1 Å². The zero-order valence-electron chi connectivity index (χ0n) is 7.34. The fourth-order valence-corrected chi connectivity index (χ4v) is 0.933. The maximum atomic E-state index is 9.18. The van der Waals surface area contributed by atoms with Crippen LogP contribution >= 0.6 is 0 Å². The SMILES string of the molecule is C=C=CCCCCC(O)CC. The van der Waals surface area contributed by atoms with Crippen LogP contribution in [0.2, 0.25) is 0 Å². The van der Waals surface area contributed by atoms with Gasteiger partial charge in [0.15, 0.2) is 0 Å². The molecule has 0 heterocycles. The minimum atomic E-state index is -0.0947. The summed E-state index contributed by atoms with van der Waals surface area (Å²) < 4.78 is 0. The van der Waals surface area contributed by atoms with Crippen molar-refractivity contribution < 1.29 is 5.11 Å². The molecule has 0 aromatic carbocycles. The first-order chi connectivity index (χ1) is 5.31. The first-order valence-corrected chi connectivity index (χ1v) is 4.33. The number of aliphatic hydroxyl groups is 1. The van der Waals surface area contributed by atoms with E-state index in [-0.39, 0.29) is 6.10 Å². The number of unbranched alkanes of at least 4 members (excludes halogenated alkanes) is 2. The third-order valence-corrected chi connectivity index (χ3v) is 1.75. The van der Waals surface area contributed by atoms with E-state index in [2.05, 4.69) is 12.3 Å². The molecule has 0 aromatic heterocycles. The van der Waals surface area contributed by atoms with Gasteiger partial charge in [0.25, 0.3) is 0 Å². The third kappa shape index (κ3) is 7.38. The van der Waals surface area contributed by atoms with Crippen LogP contribution in [0.1, 0.15) is 39.0 Å². The molecular formula is C10H18O. The van der Waals surface area contributed by atoms with E-state index < -0.39 is 0 Å². The molecule has 0 fully saturated rings. The largest absolute Gasteiger partial charge is 0.393 e. The van der Waals surface area contributed by atoms with Crippen molar-refractivity contribution in [1.29, 1.82) is 0 Å². The molecule has 0 aliphatic carbocycles. The van der Waals surface area contributed by atoms with Gasteiger partial charge >= 0.3 is 0 Å². The van der Waals surface area contributed by atoms with E-state index in [0.29, 0.717) is 0 Å². The molecule has 0 aromatic rings. The van der Waals surface area contributed by atoms with E-state index >= 15 is 0 Å². The van der Waals surface area contributed by atoms with Gasteiger partial charge in [0.1, 0.15) is 0 Å². The van der Waals surface area contributed by atoms with Crippen LogP contribution in [0.3, 0.4) is 0 Å². The van der Waals surface area contributed by atoms with Gasteiger partial charge in [-0.25, -0.2) is 0 Å². The number of hydrogen-bond acceptors (Lipinski definition) is 1. The molecule has 1 heteroatoms. The minimum absolute atomic E-state index is 0.0947. The van der Waals surface area contributed by atoms with Gasteiger partial charge < -0.3 is 5.11 Å². The summed E-state index contributed by atoms with van der Waals surface area (Å²) in [5.74, 6) is 0. The molecule has 11 heavy (non-hydrogen) atoms. The Hall–Kier alpha value is -0.520. The van der Waals surface area contributed by atoms with Crippen molar-refractivity contribution in [1.82, 2.24) is 0 Å². The smallest absolute Gasteiger partial charge is 0.0537 e. The predicted molar refractivity (Wildman–Crippen MR) is 48.5 cm³/mol. The Balaban J connectivity index is 3.07. The lowest BCUT2D eigenvalue weighted by molar-refractivity contribution is 0.157. The van der Waals surface area contributed by atoms with Crippen molar-refractivity contribution in [3.63, 3.8) is 0 Å². The van der Waals surface area contributed by atoms with E-state index in [1.54, 1.807) is 0 Å². The van der Waals surface area contributed by atoms with Crippen LogP contribution < -0.4 is 0 Å². The molecule has 1 unspecified atom stereocenters. The summed E-state index contributed by atoms with van der Waals surface area (Å²) in [6.45, 7) is 5.49. The van der Waals surface area contributed by atoms with Crippen LogP contribution in [0.4, 0.5) is 0 Å². The highest BCUT2D eigenvalue weighted by Gasteiger charge is 1.98. The van der Waals surface area contributed by atoms with Gasteiger partial charge in [-0.05, 0) is 31.8 Å². The number of hydrogen-bond donors (Lipinski definition) is 1. The number of aliphatic hydroxyl groups excluding tert-OH is 1. The molecule has 0 aliphatic rings. The normalized spacial score (nSPS) is 12.2. The Kier molecular flexibility index (Phi) is 7.23. The first-order valence-electron chi connectivity index (χ1n) is 4.33. The molecule has 64 valence electrons. The second-order valence-corrected chi connectivity index (χ2v) is 2.75. The fourth-order valence-electron chi connectivity index (χ4n) is 0.933. The van der Waals surface area contributed by atoms with Crippen molar-refractivity contribution in [3.05, 3.63) is 18.4 Å². The maximum absolute atomic E-state index is 9.18. The van der Waals surface area contributed by atoms with Crippen LogP contribution in [0.25, 0.3) is 0 Å². The third-order valence-electron chi connectivity index (χ3n) is 1.75. The topological polar surface area (TPSA) is 20.2 Å². The van der Waals surface area contributed by atoms with Gasteiger partial charge in [0.05, 0.1) is 6.10 Å². The van der Waals surface area contributed by atoms with Crippen molar-refractivity contribution in [3.8, 4) is 0 Å². The lowest BCUT2D eigenvalue weighted by Crippen LogP contribution is -2.02. The summed E-state index contributed by atoms with van der Waals surface area (Å²) in [5, 5.41) is 9.18. The Bertz CT molecular complexity index is 123. The molecule has 0 rings (SSSR count). The molecule has 1 N–H and O–H groups in total. The summed E-state index contributed by atoms with van der Waals surface area (Å²) >= 11 is 0. The molecule has 0 bridgehead atoms. The van der Waals surface area contributed by atoms with Crippen LogP contribution in [0.5, 0.6) is 0 Å². The average Bonchev–Trinajstić information content (AvgIpc) is 2.04. The second-order valence-electron chi connectivity index (χ2n) is 2.75. The lowest BCUT2D eigenvalue weighted by atomic mass is 10.1. The van der Waals surface area contributed by atoms with Gasteiger partial charge in [-0.2, -0.15) is 0 Å². The summed E-state index contributed by atoms with van der Waals surface area (Å²) in [7, 11) is 0. The van der Waals surface area contributed by atoms with Gasteiger partial charge in [-0.15, -0.1) is 5.73 Å². The predicted octanol–water partition coefficient (Wildman–Crippen LogP) is 2.66. The van der Waals surface area contributed by atoms with Crippen LogP contribution in [0, 0.1) is 0 Å². The molecule has 0 amide bonds. The Labute approximate surface area is 69.4 Å². The molecule has 0 aliphatic heterocycles. The summed E-state index contributed by atoms with van der Waals surface area (Å²) in [5.41, 5.74) is 2.73. The quantitative estimate of drug-likeness (QED) is 0.460. The molecule has 1 nitrogen and oxygen atoms in total. The molecule has 0 spiro atoms. The average molecular weight is 154 g/mol. The number of rotatable bonds is 6. The van der Waals surface area contributed by atoms with Gasteiger partial charge in [-0.3, -0.25) is 0 Å². The van der Waals surface area contributed by atoms with E-state index in [9.17, 15) is 5.11 Å². The van der Waals surface area contributed by atoms with Crippen molar-refractivity contribution >= 4 is 0 Å². The molecule has 1 atom stereocenters. The summed E-state index contributed by atoms with van der Waals surface area (Å²) in [4.78, 5) is 0. The van der Waals surface area contributed by atoms with E-state index in [0.717, 1.165) is 32.1 Å². The Morgan fingerprint density at radius 2 is 2.27 bits per heavy atom. The van der Waals surface area contributed by atoms with E-state index in [1.165, 1.54) is 0 Å². The van der Waals surface area contributed by atoms with E-state index in [1.807, 2.05) is 13.0 Å². The molecule has 0 saturated carbocycles. The lowest BCUT2D eigenvalue weighted by Gasteiger charge is -2.04. The first kappa shape index (κ1) is 10.5. The van der Waals surface area contributed by atoms with Gasteiger partial charge in [0.2, 0.25) is 0 Å². The summed E-state index contributed by atoms with van der Waals surface area (Å²) in [6, 6.07) is 0. The van der Waals surface area contributed by atoms with Crippen LogP contribution in [0.15, 0.2) is 18.4 Å². The minimum Gasteiger partial charge on any atom is -0.393 e. The van der Waals surface area contributed by atoms with Gasteiger partial charge in [-0.1, -0.05) is 19.9 Å². The second kappa shape index (κ2) is 7.59. The highest BCUT2D eigenvalue weighted by atomic mass is 16.3. The van der Waals surface area contributed by atoms with Gasteiger partial charge in [0, 0.05) is 0 Å². The Morgan fingerprint density at radius 1 is 1.55 bits per heavy atom. The molecular weight excluding hydrogens is 136 g/mol. The monoisotopic (exact) mass is 154 g/mol. The summed E-state index contributed by atoms with van der Waals surface area (Å²) in [6.07, 6.45) is 6.94. The van der Waals surface area contributed by atoms with Crippen molar-refractivity contribution in [2.75, 3.05) is 0 Å². The maximum Gasteiger partial charge on any atom is 0.0537 e. The highest BCUT2D eigenvalue weighted by molar-refractivity contribution is 4.75. The zero-order valence-corrected chi connectivity index (χ0v) is 7.34. The standard InChI is InChI=1S/C10H18O/c1-3-5-6-7-8-9-10(11)4-2/h5,10-11H,1,4,6-9H2,2H3. The number of allylic oxidation sites excluding steroid dienone is 1. The highest BCUT2D eigenvalue weighted by Crippen LogP contribution is 2.05. The van der Waals surface area contributed by atoms with E-state index in [4.69, 9.17) is 0 Å². The van der Waals surface area contributed by atoms with Crippen LogP contribution in [-0.4, -0.2) is 11.2 Å². The fraction of sp³-hybridized carbons (Fsp3) is 0.700. The van der Waals surface area contributed by atoms with Crippen LogP contribution in [-0.2, 0) is 0 Å².